The second-order valence-electron chi connectivity index (χ2n) is 2.42. The van der Waals surface area contributed by atoms with Gasteiger partial charge in [0.05, 0.1) is 6.21 Å². The number of hydrazone groups is 1. The van der Waals surface area contributed by atoms with E-state index in [1.54, 1.807) is 24.6 Å². The van der Waals surface area contributed by atoms with Gasteiger partial charge in [0, 0.05) is 11.9 Å². The van der Waals surface area contributed by atoms with Crippen LogP contribution in [0.4, 0.5) is 0 Å². The molecular weight excluding hydrogens is 202 g/mol. The molecule has 0 saturated heterocycles. The molecular formula is C8H11N3S2. The molecule has 0 aromatic carbocycles. The number of thiophene rings is 1. The summed E-state index contributed by atoms with van der Waals surface area (Å²) in [6.45, 7) is 2.05. The number of nitrogens with one attached hydrogen (secondary N) is 2. The monoisotopic (exact) mass is 213 g/mol. The van der Waals surface area contributed by atoms with Crippen LogP contribution in [-0.4, -0.2) is 18.4 Å². The van der Waals surface area contributed by atoms with E-state index in [1.165, 1.54) is 5.56 Å². The Morgan fingerprint density at radius 3 is 3.00 bits per heavy atom. The smallest absolute Gasteiger partial charge is 0.186 e. The lowest BCUT2D eigenvalue weighted by Crippen LogP contribution is -2.28. The maximum atomic E-state index is 4.85. The summed E-state index contributed by atoms with van der Waals surface area (Å²) in [5.74, 6) is 0. The Bertz CT molecular complexity index is 317. The minimum atomic E-state index is 0.519. The lowest BCUT2D eigenvalue weighted by molar-refractivity contribution is 0.982. The Balaban J connectivity index is 2.50. The standard InChI is InChI=1S/C8H11N3S2/c1-6-3-4-13-7(6)5-10-11-8(12)9-2/h3-5H,1-2H3,(H2,9,11,12). The largest absolute Gasteiger partial charge is 0.364 e. The van der Waals surface area contributed by atoms with Crippen LogP contribution in [0.1, 0.15) is 10.4 Å². The third-order valence-electron chi connectivity index (χ3n) is 1.48. The van der Waals surface area contributed by atoms with Gasteiger partial charge in [0.25, 0.3) is 0 Å². The number of aryl methyl sites for hydroxylation is 1. The Hall–Kier alpha value is -0.940. The van der Waals surface area contributed by atoms with Crippen molar-refractivity contribution in [3.63, 3.8) is 0 Å². The topological polar surface area (TPSA) is 36.4 Å². The van der Waals surface area contributed by atoms with Crippen molar-refractivity contribution in [3.8, 4) is 0 Å². The highest BCUT2D eigenvalue weighted by Crippen LogP contribution is 2.11. The summed E-state index contributed by atoms with van der Waals surface area (Å²) in [6.07, 6.45) is 1.77. The molecule has 0 radical (unpaired) electrons. The second-order valence-corrected chi connectivity index (χ2v) is 3.77. The number of hydrogen-bond donors (Lipinski definition) is 2. The summed E-state index contributed by atoms with van der Waals surface area (Å²) in [5, 5.41) is 9.30. The Morgan fingerprint density at radius 1 is 1.69 bits per heavy atom. The van der Waals surface area contributed by atoms with Crippen LogP contribution in [-0.2, 0) is 0 Å². The maximum absolute atomic E-state index is 4.85. The minimum absolute atomic E-state index is 0.519. The quantitative estimate of drug-likeness (QED) is 0.444. The molecule has 0 unspecified atom stereocenters. The van der Waals surface area contributed by atoms with Gasteiger partial charge < -0.3 is 5.32 Å². The van der Waals surface area contributed by atoms with Gasteiger partial charge in [-0.05, 0) is 36.2 Å². The molecule has 3 nitrogen and oxygen atoms in total. The number of nitrogens with zero attached hydrogens (tertiary/aromatic N) is 1. The lowest BCUT2D eigenvalue weighted by atomic mass is 10.3. The molecule has 1 aromatic heterocycles. The van der Waals surface area contributed by atoms with Crippen molar-refractivity contribution in [3.05, 3.63) is 21.9 Å². The van der Waals surface area contributed by atoms with Gasteiger partial charge in [0.15, 0.2) is 5.11 Å². The Labute approximate surface area is 86.9 Å². The zero-order chi connectivity index (χ0) is 9.68. The summed E-state index contributed by atoms with van der Waals surface area (Å²) >= 11 is 6.51. The highest BCUT2D eigenvalue weighted by atomic mass is 32.1. The zero-order valence-electron chi connectivity index (χ0n) is 7.50. The molecule has 0 amide bonds. The van der Waals surface area contributed by atoms with Crippen LogP contribution in [0.5, 0.6) is 0 Å². The van der Waals surface area contributed by atoms with E-state index in [2.05, 4.69) is 21.9 Å². The third-order valence-corrected chi connectivity index (χ3v) is 2.73. The van der Waals surface area contributed by atoms with Gasteiger partial charge in [0.1, 0.15) is 0 Å². The van der Waals surface area contributed by atoms with E-state index >= 15 is 0 Å². The molecule has 0 aliphatic carbocycles. The van der Waals surface area contributed by atoms with E-state index in [-0.39, 0.29) is 0 Å². The molecule has 2 N–H and O–H groups in total. The predicted molar refractivity (Wildman–Crippen MR) is 61.4 cm³/mol. The summed E-state index contributed by atoms with van der Waals surface area (Å²) in [6, 6.07) is 2.06. The van der Waals surface area contributed by atoms with Crippen LogP contribution in [0.25, 0.3) is 0 Å². The molecule has 70 valence electrons. The summed E-state index contributed by atoms with van der Waals surface area (Å²) in [4.78, 5) is 1.14. The molecule has 0 spiro atoms. The van der Waals surface area contributed by atoms with E-state index in [0.717, 1.165) is 4.88 Å². The average molecular weight is 213 g/mol. The average Bonchev–Trinajstić information content (AvgIpc) is 2.52. The fraction of sp³-hybridized carbons (Fsp3) is 0.250. The molecule has 5 heteroatoms. The number of hydrogen-bond acceptors (Lipinski definition) is 3. The maximum Gasteiger partial charge on any atom is 0.186 e. The van der Waals surface area contributed by atoms with Gasteiger partial charge in [0.2, 0.25) is 0 Å². The van der Waals surface area contributed by atoms with E-state index in [0.29, 0.717) is 5.11 Å². The predicted octanol–water partition coefficient (Wildman–Crippen LogP) is 1.48. The van der Waals surface area contributed by atoms with E-state index < -0.39 is 0 Å². The SMILES string of the molecule is CNC(=S)NN=Cc1sccc1C. The van der Waals surface area contributed by atoms with Crippen molar-refractivity contribution in [2.75, 3.05) is 7.05 Å². The first kappa shape index (κ1) is 10.1. The molecule has 1 aromatic rings. The van der Waals surface area contributed by atoms with Gasteiger partial charge in [-0.25, -0.2) is 0 Å². The molecule has 13 heavy (non-hydrogen) atoms. The number of thiocarbonyl (C=S) groups is 1. The van der Waals surface area contributed by atoms with Crippen LogP contribution in [0.15, 0.2) is 16.5 Å². The van der Waals surface area contributed by atoms with Crippen LogP contribution in [0.2, 0.25) is 0 Å². The van der Waals surface area contributed by atoms with Crippen LogP contribution in [0, 0.1) is 6.92 Å². The molecule has 0 aliphatic rings. The highest BCUT2D eigenvalue weighted by molar-refractivity contribution is 7.80. The van der Waals surface area contributed by atoms with Crippen molar-refractivity contribution in [1.82, 2.24) is 10.7 Å². The first-order valence-electron chi connectivity index (χ1n) is 3.79. The molecule has 0 bridgehead atoms. The Morgan fingerprint density at radius 2 is 2.46 bits per heavy atom. The molecule has 1 rings (SSSR count). The van der Waals surface area contributed by atoms with E-state index in [9.17, 15) is 0 Å². The molecule has 0 aliphatic heterocycles. The second kappa shape index (κ2) is 4.94. The summed E-state index contributed by atoms with van der Waals surface area (Å²) in [5.41, 5.74) is 3.92. The minimum Gasteiger partial charge on any atom is -0.364 e. The summed E-state index contributed by atoms with van der Waals surface area (Å²) in [7, 11) is 1.75. The fourth-order valence-corrected chi connectivity index (χ4v) is 1.56. The fourth-order valence-electron chi connectivity index (χ4n) is 0.722. The third kappa shape index (κ3) is 3.12. The summed E-state index contributed by atoms with van der Waals surface area (Å²) < 4.78 is 0. The molecule has 0 saturated carbocycles. The van der Waals surface area contributed by atoms with Crippen molar-refractivity contribution in [2.45, 2.75) is 6.92 Å². The van der Waals surface area contributed by atoms with Gasteiger partial charge in [-0.2, -0.15) is 5.10 Å². The lowest BCUT2D eigenvalue weighted by Gasteiger charge is -1.98. The van der Waals surface area contributed by atoms with Crippen LogP contribution >= 0.6 is 23.6 Å². The van der Waals surface area contributed by atoms with Crippen molar-refractivity contribution < 1.29 is 0 Å². The normalized spacial score (nSPS) is 10.3. The van der Waals surface area contributed by atoms with Gasteiger partial charge in [-0.3, -0.25) is 5.43 Å². The Kier molecular flexibility index (Phi) is 3.85. The van der Waals surface area contributed by atoms with Crippen LogP contribution < -0.4 is 10.7 Å². The molecule has 1 heterocycles. The van der Waals surface area contributed by atoms with Gasteiger partial charge in [-0.15, -0.1) is 11.3 Å². The highest BCUT2D eigenvalue weighted by Gasteiger charge is 1.94. The van der Waals surface area contributed by atoms with Gasteiger partial charge >= 0.3 is 0 Å². The van der Waals surface area contributed by atoms with Crippen molar-refractivity contribution in [1.29, 1.82) is 0 Å². The van der Waals surface area contributed by atoms with Crippen molar-refractivity contribution >= 4 is 34.9 Å². The van der Waals surface area contributed by atoms with E-state index in [1.807, 2.05) is 12.3 Å². The first-order valence-corrected chi connectivity index (χ1v) is 5.07. The molecule has 0 fully saturated rings. The molecule has 0 atom stereocenters. The van der Waals surface area contributed by atoms with Crippen LogP contribution in [0.3, 0.4) is 0 Å². The van der Waals surface area contributed by atoms with E-state index in [4.69, 9.17) is 12.2 Å². The van der Waals surface area contributed by atoms with Gasteiger partial charge in [-0.1, -0.05) is 0 Å². The number of rotatable bonds is 2. The zero-order valence-corrected chi connectivity index (χ0v) is 9.13. The first-order chi connectivity index (χ1) is 6.24. The van der Waals surface area contributed by atoms with Crippen molar-refractivity contribution in [2.24, 2.45) is 5.10 Å².